The second kappa shape index (κ2) is 12.0. The van der Waals surface area contributed by atoms with Gasteiger partial charge < -0.3 is 25.2 Å². The molecule has 4 N–H and O–H groups in total. The molecule has 0 aromatic rings. The van der Waals surface area contributed by atoms with E-state index in [0.29, 0.717) is 42.3 Å². The maximum atomic E-state index is 10.7. The molecular weight excluding hydrogens is 440 g/mol. The van der Waals surface area contributed by atoms with Gasteiger partial charge in [-0.25, -0.2) is 0 Å². The van der Waals surface area contributed by atoms with Crippen LogP contribution in [0.1, 0.15) is 91.9 Å². The van der Waals surface area contributed by atoms with Gasteiger partial charge in [0.1, 0.15) is 12.2 Å². The Bertz CT molecular complexity index is 778. The number of allylic oxidation sites excluding steroid dienone is 3. The van der Waals surface area contributed by atoms with Gasteiger partial charge in [-0.3, -0.25) is 0 Å². The lowest BCUT2D eigenvalue weighted by Gasteiger charge is -2.44. The first-order chi connectivity index (χ1) is 16.5. The average Bonchev–Trinajstić information content (AvgIpc) is 3.14. The van der Waals surface area contributed by atoms with E-state index in [2.05, 4.69) is 32.6 Å². The van der Waals surface area contributed by atoms with Crippen molar-refractivity contribution in [3.8, 4) is 0 Å². The van der Waals surface area contributed by atoms with Crippen LogP contribution >= 0.6 is 0 Å². The Kier molecular flexibility index (Phi) is 9.84. The number of fused-ring (bicyclic) bond motifs is 1. The Morgan fingerprint density at radius 1 is 1.20 bits per heavy atom. The Morgan fingerprint density at radius 2 is 1.94 bits per heavy atom. The Morgan fingerprint density at radius 3 is 2.63 bits per heavy atom. The molecule has 0 heterocycles. The van der Waals surface area contributed by atoms with Crippen molar-refractivity contribution in [2.75, 3.05) is 13.2 Å². The van der Waals surface area contributed by atoms with Gasteiger partial charge >= 0.3 is 0 Å². The van der Waals surface area contributed by atoms with Crippen LogP contribution in [-0.4, -0.2) is 57.6 Å². The van der Waals surface area contributed by atoms with Gasteiger partial charge in [0.05, 0.1) is 11.7 Å². The SMILES string of the molecule is C=C1/C(=C\C=C2/CCCC3(C)C2CC[C@@H]3[C@H](C)CCCC(C)(C)O)C[C@@H](O)[C@@H](OCCCO)[C@@H]1O. The molecule has 0 radical (unpaired) electrons. The van der Waals surface area contributed by atoms with E-state index in [0.717, 1.165) is 30.8 Å². The van der Waals surface area contributed by atoms with E-state index in [1.165, 1.54) is 37.7 Å². The molecule has 0 aliphatic heterocycles. The van der Waals surface area contributed by atoms with Crippen molar-refractivity contribution in [2.45, 2.75) is 116 Å². The number of aliphatic hydroxyl groups excluding tert-OH is 3. The van der Waals surface area contributed by atoms with Crippen LogP contribution in [0.4, 0.5) is 0 Å². The second-order valence-corrected chi connectivity index (χ2v) is 12.4. The third-order valence-corrected chi connectivity index (χ3v) is 9.17. The predicted molar refractivity (Wildman–Crippen MR) is 141 cm³/mol. The van der Waals surface area contributed by atoms with E-state index >= 15 is 0 Å². The number of aliphatic hydroxyl groups is 4. The third-order valence-electron chi connectivity index (χ3n) is 9.17. The van der Waals surface area contributed by atoms with Crippen LogP contribution in [-0.2, 0) is 4.74 Å². The zero-order valence-electron chi connectivity index (χ0n) is 22.5. The van der Waals surface area contributed by atoms with Crippen LogP contribution in [0.5, 0.6) is 0 Å². The summed E-state index contributed by atoms with van der Waals surface area (Å²) in [5.41, 5.74) is 2.79. The molecule has 0 aromatic carbocycles. The number of ether oxygens (including phenoxy) is 1. The summed E-state index contributed by atoms with van der Waals surface area (Å²) in [6, 6.07) is 0. The highest BCUT2D eigenvalue weighted by atomic mass is 16.5. The minimum Gasteiger partial charge on any atom is -0.396 e. The predicted octanol–water partition coefficient (Wildman–Crippen LogP) is 5.08. The van der Waals surface area contributed by atoms with Gasteiger partial charge in [0.25, 0.3) is 0 Å². The van der Waals surface area contributed by atoms with Crippen molar-refractivity contribution < 1.29 is 25.2 Å². The fraction of sp³-hybridized carbons (Fsp3) is 0.800. The molecule has 3 aliphatic carbocycles. The zero-order valence-corrected chi connectivity index (χ0v) is 22.5. The largest absolute Gasteiger partial charge is 0.396 e. The van der Waals surface area contributed by atoms with Gasteiger partial charge in [-0.1, -0.05) is 51.0 Å². The van der Waals surface area contributed by atoms with Crippen molar-refractivity contribution in [2.24, 2.45) is 23.2 Å². The van der Waals surface area contributed by atoms with Crippen molar-refractivity contribution in [1.82, 2.24) is 0 Å². The molecule has 5 nitrogen and oxygen atoms in total. The van der Waals surface area contributed by atoms with Crippen molar-refractivity contribution in [3.05, 3.63) is 35.5 Å². The third kappa shape index (κ3) is 6.87. The molecule has 0 amide bonds. The Labute approximate surface area is 213 Å². The molecule has 0 aromatic heterocycles. The summed E-state index contributed by atoms with van der Waals surface area (Å²) in [7, 11) is 0. The zero-order chi connectivity index (χ0) is 25.8. The minimum absolute atomic E-state index is 0.0269. The molecular formula is C30H50O5. The normalized spacial score (nSPS) is 37.1. The van der Waals surface area contributed by atoms with E-state index in [1.807, 2.05) is 13.8 Å². The molecule has 200 valence electrons. The summed E-state index contributed by atoms with van der Waals surface area (Å²) >= 11 is 0. The standard InChI is InChI=1S/C30H50O5/c1-20(9-6-15-29(3,4)34)24-13-14-25-22(10-7-16-30(24,25)5)11-12-23-19-26(32)28(27(33)21(23)2)35-18-8-17-31/h11-12,20,24-28,31-34H,2,6-10,13-19H2,1,3-5H3/b22-11+,23-12-/t20-,24-,25?,26-,27-,28-,30?/m1/s1. The van der Waals surface area contributed by atoms with Crippen LogP contribution in [0.15, 0.2) is 35.5 Å². The summed E-state index contributed by atoms with van der Waals surface area (Å²) in [6.07, 6.45) is 12.1. The van der Waals surface area contributed by atoms with Crippen LogP contribution in [0.25, 0.3) is 0 Å². The lowest BCUT2D eigenvalue weighted by molar-refractivity contribution is -0.0968. The van der Waals surface area contributed by atoms with E-state index in [1.54, 1.807) is 0 Å². The quantitative estimate of drug-likeness (QED) is 0.321. The van der Waals surface area contributed by atoms with Gasteiger partial charge in [-0.2, -0.15) is 0 Å². The first-order valence-corrected chi connectivity index (χ1v) is 13.9. The number of hydrogen-bond acceptors (Lipinski definition) is 5. The minimum atomic E-state index is -0.931. The average molecular weight is 491 g/mol. The smallest absolute Gasteiger partial charge is 0.114 e. The molecule has 5 heteroatoms. The highest BCUT2D eigenvalue weighted by molar-refractivity contribution is 5.40. The van der Waals surface area contributed by atoms with Crippen LogP contribution in [0.3, 0.4) is 0 Å². The lowest BCUT2D eigenvalue weighted by atomic mass is 9.60. The van der Waals surface area contributed by atoms with Gasteiger partial charge in [0.2, 0.25) is 0 Å². The summed E-state index contributed by atoms with van der Waals surface area (Å²) in [4.78, 5) is 0. The first kappa shape index (κ1) is 28.6. The lowest BCUT2D eigenvalue weighted by Crippen LogP contribution is -2.45. The molecule has 3 rings (SSSR count). The van der Waals surface area contributed by atoms with E-state index in [-0.39, 0.29) is 6.61 Å². The molecule has 3 saturated carbocycles. The Balaban J connectivity index is 1.67. The summed E-state index contributed by atoms with van der Waals surface area (Å²) in [5, 5.41) is 40.4. The van der Waals surface area contributed by atoms with Gasteiger partial charge in [-0.05, 0) is 93.1 Å². The Hall–Kier alpha value is -0.980. The fourth-order valence-electron chi connectivity index (χ4n) is 7.21. The highest BCUT2D eigenvalue weighted by Crippen LogP contribution is 2.60. The van der Waals surface area contributed by atoms with Crippen molar-refractivity contribution in [3.63, 3.8) is 0 Å². The van der Waals surface area contributed by atoms with Gasteiger partial charge in [0, 0.05) is 19.6 Å². The number of rotatable bonds is 10. The summed E-state index contributed by atoms with van der Waals surface area (Å²) < 4.78 is 5.63. The molecule has 35 heavy (non-hydrogen) atoms. The fourth-order valence-corrected chi connectivity index (χ4v) is 7.21. The number of hydrogen-bond donors (Lipinski definition) is 4. The van der Waals surface area contributed by atoms with E-state index < -0.39 is 23.9 Å². The highest BCUT2D eigenvalue weighted by Gasteiger charge is 2.50. The summed E-state index contributed by atoms with van der Waals surface area (Å²) in [6.45, 7) is 13.2. The van der Waals surface area contributed by atoms with Gasteiger partial charge in [0.15, 0.2) is 0 Å². The van der Waals surface area contributed by atoms with E-state index in [9.17, 15) is 15.3 Å². The van der Waals surface area contributed by atoms with Crippen LogP contribution < -0.4 is 0 Å². The topological polar surface area (TPSA) is 90.2 Å². The van der Waals surface area contributed by atoms with Gasteiger partial charge in [-0.15, -0.1) is 0 Å². The molecule has 0 bridgehead atoms. The van der Waals surface area contributed by atoms with Crippen LogP contribution in [0.2, 0.25) is 0 Å². The van der Waals surface area contributed by atoms with Crippen molar-refractivity contribution >= 4 is 0 Å². The maximum absolute atomic E-state index is 10.7. The molecule has 3 aliphatic rings. The van der Waals surface area contributed by atoms with Crippen LogP contribution in [0, 0.1) is 23.2 Å². The van der Waals surface area contributed by atoms with E-state index in [4.69, 9.17) is 9.84 Å². The maximum Gasteiger partial charge on any atom is 0.114 e. The van der Waals surface area contributed by atoms with Crippen molar-refractivity contribution in [1.29, 1.82) is 0 Å². The molecule has 7 atom stereocenters. The molecule has 0 saturated heterocycles. The summed E-state index contributed by atoms with van der Waals surface area (Å²) in [5.74, 6) is 1.98. The molecule has 3 fully saturated rings. The molecule has 0 spiro atoms. The second-order valence-electron chi connectivity index (χ2n) is 12.4. The molecule has 2 unspecified atom stereocenters. The monoisotopic (exact) mass is 490 g/mol. The first-order valence-electron chi connectivity index (χ1n) is 13.9.